The minimum atomic E-state index is -0.720. The van der Waals surface area contributed by atoms with Crippen LogP contribution in [-0.4, -0.2) is 23.2 Å². The van der Waals surface area contributed by atoms with E-state index in [4.69, 9.17) is 5.11 Å². The third-order valence-corrected chi connectivity index (χ3v) is 2.80. The van der Waals surface area contributed by atoms with Crippen molar-refractivity contribution in [1.29, 1.82) is 0 Å². The highest BCUT2D eigenvalue weighted by atomic mass is 16.4. The summed E-state index contributed by atoms with van der Waals surface area (Å²) in [4.78, 5) is 11.0. The molecule has 0 bridgehead atoms. The molecule has 2 atom stereocenters. The Kier molecular flexibility index (Phi) is 7.39. The number of aliphatic carboxylic acids is 1. The van der Waals surface area contributed by atoms with Gasteiger partial charge in [0.05, 0.1) is 0 Å². The molecule has 0 aliphatic carbocycles. The number of carbonyl (C=O) groups is 1. The molecule has 0 radical (unpaired) electrons. The average Bonchev–Trinajstić information content (AvgIpc) is 2.17. The van der Waals surface area contributed by atoms with Crippen LogP contribution >= 0.6 is 0 Å². The quantitative estimate of drug-likeness (QED) is 0.654. The lowest BCUT2D eigenvalue weighted by atomic mass is 9.99. The first-order chi connectivity index (χ1) is 7.02. The molecule has 0 aromatic carbocycles. The zero-order chi connectivity index (χ0) is 11.8. The number of carboxylic acids is 1. The summed E-state index contributed by atoms with van der Waals surface area (Å²) in [5.74, 6) is -0.235. The van der Waals surface area contributed by atoms with Gasteiger partial charge in [-0.05, 0) is 18.8 Å². The van der Waals surface area contributed by atoms with E-state index in [0.29, 0.717) is 12.0 Å². The van der Waals surface area contributed by atoms with E-state index in [9.17, 15) is 4.79 Å². The van der Waals surface area contributed by atoms with Gasteiger partial charge in [0.2, 0.25) is 0 Å². The minimum absolute atomic E-state index is 0.308. The van der Waals surface area contributed by atoms with E-state index in [0.717, 1.165) is 25.7 Å². The normalized spacial score (nSPS) is 15.3. The molecule has 2 unspecified atom stereocenters. The minimum Gasteiger partial charge on any atom is -0.480 e. The van der Waals surface area contributed by atoms with E-state index in [1.54, 1.807) is 0 Å². The lowest BCUT2D eigenvalue weighted by molar-refractivity contribution is -0.140. The molecule has 3 nitrogen and oxygen atoms in total. The number of rotatable bonds is 8. The standard InChI is InChI=1S/C12H25NO2/c1-5-7-8-11(12(14)15)13-10(6-2)9(3)4/h9-11,13H,5-8H2,1-4H3,(H,14,15). The molecule has 3 heteroatoms. The second-order valence-electron chi connectivity index (χ2n) is 4.46. The van der Waals surface area contributed by atoms with E-state index in [2.05, 4.69) is 33.0 Å². The second-order valence-corrected chi connectivity index (χ2v) is 4.46. The largest absolute Gasteiger partial charge is 0.480 e. The first-order valence-corrected chi connectivity index (χ1v) is 6.01. The Morgan fingerprint density at radius 2 is 1.93 bits per heavy atom. The van der Waals surface area contributed by atoms with Gasteiger partial charge in [-0.2, -0.15) is 0 Å². The summed E-state index contributed by atoms with van der Waals surface area (Å²) >= 11 is 0. The second kappa shape index (κ2) is 7.69. The van der Waals surface area contributed by atoms with Gasteiger partial charge in [-0.1, -0.05) is 40.5 Å². The third-order valence-electron chi connectivity index (χ3n) is 2.80. The fourth-order valence-corrected chi connectivity index (χ4v) is 1.73. The van der Waals surface area contributed by atoms with Crippen LogP contribution in [0.4, 0.5) is 0 Å². The highest BCUT2D eigenvalue weighted by molar-refractivity contribution is 5.73. The first kappa shape index (κ1) is 14.4. The SMILES string of the molecule is CCCCC(NC(CC)C(C)C)C(=O)O. The molecule has 15 heavy (non-hydrogen) atoms. The number of nitrogens with one attached hydrogen (secondary N) is 1. The van der Waals surface area contributed by atoms with Crippen LogP contribution in [0.15, 0.2) is 0 Å². The van der Waals surface area contributed by atoms with Crippen LogP contribution in [0, 0.1) is 5.92 Å². The van der Waals surface area contributed by atoms with Crippen molar-refractivity contribution >= 4 is 5.97 Å². The van der Waals surface area contributed by atoms with Crippen LogP contribution in [0.2, 0.25) is 0 Å². The van der Waals surface area contributed by atoms with Crippen LogP contribution in [0.3, 0.4) is 0 Å². The molecule has 0 spiro atoms. The van der Waals surface area contributed by atoms with E-state index in [1.165, 1.54) is 0 Å². The van der Waals surface area contributed by atoms with Crippen molar-refractivity contribution in [2.75, 3.05) is 0 Å². The van der Waals surface area contributed by atoms with E-state index in [1.807, 2.05) is 0 Å². The van der Waals surface area contributed by atoms with Gasteiger partial charge in [0.1, 0.15) is 6.04 Å². The van der Waals surface area contributed by atoms with Gasteiger partial charge in [0.15, 0.2) is 0 Å². The van der Waals surface area contributed by atoms with Crippen molar-refractivity contribution in [2.24, 2.45) is 5.92 Å². The Balaban J connectivity index is 4.18. The maximum atomic E-state index is 11.0. The van der Waals surface area contributed by atoms with E-state index in [-0.39, 0.29) is 6.04 Å². The van der Waals surface area contributed by atoms with Crippen molar-refractivity contribution in [2.45, 2.75) is 65.5 Å². The Morgan fingerprint density at radius 1 is 1.33 bits per heavy atom. The average molecular weight is 215 g/mol. The molecular formula is C12H25NO2. The van der Waals surface area contributed by atoms with Gasteiger partial charge in [-0.3, -0.25) is 4.79 Å². The first-order valence-electron chi connectivity index (χ1n) is 6.01. The fourth-order valence-electron chi connectivity index (χ4n) is 1.73. The van der Waals surface area contributed by atoms with Gasteiger partial charge >= 0.3 is 5.97 Å². The van der Waals surface area contributed by atoms with E-state index >= 15 is 0 Å². The lowest BCUT2D eigenvalue weighted by Crippen LogP contribution is -2.45. The fraction of sp³-hybridized carbons (Fsp3) is 0.917. The van der Waals surface area contributed by atoms with Crippen molar-refractivity contribution in [3.63, 3.8) is 0 Å². The Bertz CT molecular complexity index is 180. The summed E-state index contributed by atoms with van der Waals surface area (Å²) in [5, 5.41) is 12.3. The highest BCUT2D eigenvalue weighted by Gasteiger charge is 2.21. The van der Waals surface area contributed by atoms with Gasteiger partial charge in [-0.15, -0.1) is 0 Å². The number of hydrogen-bond acceptors (Lipinski definition) is 2. The summed E-state index contributed by atoms with van der Waals surface area (Å²) in [5.41, 5.74) is 0. The number of hydrogen-bond donors (Lipinski definition) is 2. The van der Waals surface area contributed by atoms with Crippen molar-refractivity contribution in [1.82, 2.24) is 5.32 Å². The maximum absolute atomic E-state index is 11.0. The number of carboxylic acid groups (broad SMARTS) is 1. The summed E-state index contributed by atoms with van der Waals surface area (Å²) in [6.07, 6.45) is 3.73. The lowest BCUT2D eigenvalue weighted by Gasteiger charge is -2.25. The molecular weight excluding hydrogens is 190 g/mol. The molecule has 0 aromatic heterocycles. The summed E-state index contributed by atoms with van der Waals surface area (Å²) in [6.45, 7) is 8.43. The third kappa shape index (κ3) is 5.78. The van der Waals surface area contributed by atoms with Crippen LogP contribution in [0.5, 0.6) is 0 Å². The summed E-state index contributed by atoms with van der Waals surface area (Å²) < 4.78 is 0. The smallest absolute Gasteiger partial charge is 0.320 e. The molecule has 0 aliphatic heterocycles. The van der Waals surface area contributed by atoms with Gasteiger partial charge in [-0.25, -0.2) is 0 Å². The molecule has 0 fully saturated rings. The molecule has 0 saturated heterocycles. The molecule has 2 N–H and O–H groups in total. The summed E-state index contributed by atoms with van der Waals surface area (Å²) in [7, 11) is 0. The van der Waals surface area contributed by atoms with Gasteiger partial charge in [0.25, 0.3) is 0 Å². The monoisotopic (exact) mass is 215 g/mol. The van der Waals surface area contributed by atoms with Crippen LogP contribution in [-0.2, 0) is 4.79 Å². The number of unbranched alkanes of at least 4 members (excludes halogenated alkanes) is 1. The van der Waals surface area contributed by atoms with Crippen molar-refractivity contribution in [3.05, 3.63) is 0 Å². The van der Waals surface area contributed by atoms with Crippen molar-refractivity contribution in [3.8, 4) is 0 Å². The van der Waals surface area contributed by atoms with Crippen LogP contribution in [0.25, 0.3) is 0 Å². The molecule has 0 amide bonds. The molecule has 0 heterocycles. The Morgan fingerprint density at radius 3 is 2.27 bits per heavy atom. The maximum Gasteiger partial charge on any atom is 0.320 e. The molecule has 0 saturated carbocycles. The molecule has 0 aliphatic rings. The predicted molar refractivity (Wildman–Crippen MR) is 63.0 cm³/mol. The van der Waals surface area contributed by atoms with Gasteiger partial charge in [0, 0.05) is 6.04 Å². The van der Waals surface area contributed by atoms with Crippen molar-refractivity contribution < 1.29 is 9.90 Å². The zero-order valence-electron chi connectivity index (χ0n) is 10.4. The molecule has 0 aromatic rings. The predicted octanol–water partition coefficient (Wildman–Crippen LogP) is 2.65. The topological polar surface area (TPSA) is 49.3 Å². The zero-order valence-corrected chi connectivity index (χ0v) is 10.4. The van der Waals surface area contributed by atoms with Crippen LogP contribution in [0.1, 0.15) is 53.4 Å². The molecule has 90 valence electrons. The Labute approximate surface area is 93.3 Å². The Hall–Kier alpha value is -0.570. The molecule has 0 rings (SSSR count). The van der Waals surface area contributed by atoms with Crippen LogP contribution < -0.4 is 5.32 Å². The highest BCUT2D eigenvalue weighted by Crippen LogP contribution is 2.09. The van der Waals surface area contributed by atoms with E-state index < -0.39 is 5.97 Å². The summed E-state index contributed by atoms with van der Waals surface area (Å²) in [6, 6.07) is -0.0692. The van der Waals surface area contributed by atoms with Gasteiger partial charge < -0.3 is 10.4 Å².